The average Bonchev–Trinajstić information content (AvgIpc) is 3.10. The first kappa shape index (κ1) is 15.7. The predicted molar refractivity (Wildman–Crippen MR) is 86.6 cm³/mol. The van der Waals surface area contributed by atoms with Crippen LogP contribution in [0.3, 0.4) is 0 Å². The molecule has 1 amide bonds. The van der Waals surface area contributed by atoms with Gasteiger partial charge in [0.15, 0.2) is 6.61 Å². The van der Waals surface area contributed by atoms with Crippen molar-refractivity contribution in [3.8, 4) is 11.4 Å². The molecule has 0 aliphatic carbocycles. The van der Waals surface area contributed by atoms with Crippen molar-refractivity contribution < 1.29 is 13.9 Å². The van der Waals surface area contributed by atoms with Crippen LogP contribution < -0.4 is 10.1 Å². The Morgan fingerprint density at radius 1 is 1.17 bits per heavy atom. The van der Waals surface area contributed by atoms with Gasteiger partial charge >= 0.3 is 0 Å². The summed E-state index contributed by atoms with van der Waals surface area (Å²) in [6.07, 6.45) is 3.11. The Balaban J connectivity index is 1.68. The molecule has 2 aromatic carbocycles. The summed E-state index contributed by atoms with van der Waals surface area (Å²) in [5.41, 5.74) is 2.30. The van der Waals surface area contributed by atoms with Crippen LogP contribution in [0.25, 0.3) is 5.69 Å². The lowest BCUT2D eigenvalue weighted by molar-refractivity contribution is -0.118. The zero-order valence-electron chi connectivity index (χ0n) is 12.9. The van der Waals surface area contributed by atoms with Gasteiger partial charge in [0.25, 0.3) is 5.91 Å². The van der Waals surface area contributed by atoms with Gasteiger partial charge in [-0.3, -0.25) is 9.36 Å². The number of aromatic nitrogens is 3. The first-order valence-electron chi connectivity index (χ1n) is 7.26. The number of carbonyl (C=O) groups excluding carboxylic acids is 1. The highest BCUT2D eigenvalue weighted by Crippen LogP contribution is 2.23. The molecule has 0 fully saturated rings. The fourth-order valence-corrected chi connectivity index (χ4v) is 2.15. The van der Waals surface area contributed by atoms with Crippen LogP contribution in [-0.2, 0) is 4.79 Å². The van der Waals surface area contributed by atoms with Gasteiger partial charge in [0.1, 0.15) is 24.2 Å². The number of nitrogens with one attached hydrogen (secondary N) is 1. The summed E-state index contributed by atoms with van der Waals surface area (Å²) in [6.45, 7) is 1.79. The van der Waals surface area contributed by atoms with E-state index in [0.29, 0.717) is 11.4 Å². The third-order valence-corrected chi connectivity index (χ3v) is 3.30. The fourth-order valence-electron chi connectivity index (χ4n) is 2.15. The topological polar surface area (TPSA) is 69.0 Å². The number of rotatable bonds is 5. The molecule has 0 bridgehead atoms. The van der Waals surface area contributed by atoms with E-state index in [2.05, 4.69) is 15.5 Å². The molecule has 0 spiro atoms. The normalized spacial score (nSPS) is 10.4. The first-order valence-corrected chi connectivity index (χ1v) is 7.26. The molecular formula is C17H15FN4O2. The van der Waals surface area contributed by atoms with Gasteiger partial charge in [-0.15, -0.1) is 10.2 Å². The number of amides is 1. The van der Waals surface area contributed by atoms with Gasteiger partial charge in [-0.25, -0.2) is 4.39 Å². The van der Waals surface area contributed by atoms with Crippen molar-refractivity contribution in [3.05, 3.63) is 66.5 Å². The minimum absolute atomic E-state index is 0.171. The van der Waals surface area contributed by atoms with E-state index in [1.807, 2.05) is 19.1 Å². The molecule has 0 saturated carbocycles. The van der Waals surface area contributed by atoms with E-state index < -0.39 is 0 Å². The molecule has 6 nitrogen and oxygen atoms in total. The zero-order valence-corrected chi connectivity index (χ0v) is 12.9. The number of ether oxygens (including phenoxy) is 1. The van der Waals surface area contributed by atoms with Gasteiger partial charge in [0, 0.05) is 5.69 Å². The van der Waals surface area contributed by atoms with Gasteiger partial charge in [-0.1, -0.05) is 6.07 Å². The molecule has 0 aliphatic rings. The molecular weight excluding hydrogens is 311 g/mol. The number of nitrogens with zero attached hydrogens (tertiary/aromatic N) is 3. The zero-order chi connectivity index (χ0) is 16.9. The predicted octanol–water partition coefficient (Wildman–Crippen LogP) is 2.73. The largest absolute Gasteiger partial charge is 0.482 e. The number of anilines is 1. The van der Waals surface area contributed by atoms with E-state index in [-0.39, 0.29) is 18.3 Å². The number of halogens is 1. The molecule has 122 valence electrons. The van der Waals surface area contributed by atoms with Crippen LogP contribution in [-0.4, -0.2) is 27.3 Å². The van der Waals surface area contributed by atoms with Gasteiger partial charge < -0.3 is 10.1 Å². The van der Waals surface area contributed by atoms with Crippen molar-refractivity contribution in [2.75, 3.05) is 11.9 Å². The highest BCUT2D eigenvalue weighted by molar-refractivity contribution is 5.91. The molecule has 0 saturated heterocycles. The lowest BCUT2D eigenvalue weighted by atomic mass is 10.2. The van der Waals surface area contributed by atoms with Crippen molar-refractivity contribution in [1.29, 1.82) is 0 Å². The van der Waals surface area contributed by atoms with Crippen molar-refractivity contribution >= 4 is 11.6 Å². The fraction of sp³-hybridized carbons (Fsp3) is 0.118. The third-order valence-electron chi connectivity index (χ3n) is 3.30. The minimum atomic E-state index is -0.359. The van der Waals surface area contributed by atoms with Gasteiger partial charge in [-0.2, -0.15) is 0 Å². The van der Waals surface area contributed by atoms with Crippen molar-refractivity contribution in [3.63, 3.8) is 0 Å². The molecule has 1 heterocycles. The molecule has 0 atom stereocenters. The van der Waals surface area contributed by atoms with Crippen LogP contribution >= 0.6 is 0 Å². The summed E-state index contributed by atoms with van der Waals surface area (Å²) in [7, 11) is 0. The highest BCUT2D eigenvalue weighted by Gasteiger charge is 2.09. The van der Waals surface area contributed by atoms with Gasteiger partial charge in [0.05, 0.1) is 5.69 Å². The summed E-state index contributed by atoms with van der Waals surface area (Å²) < 4.78 is 20.2. The van der Waals surface area contributed by atoms with E-state index in [0.717, 1.165) is 11.3 Å². The van der Waals surface area contributed by atoms with E-state index in [9.17, 15) is 9.18 Å². The van der Waals surface area contributed by atoms with Crippen LogP contribution in [0.4, 0.5) is 10.1 Å². The molecule has 0 aliphatic heterocycles. The maximum absolute atomic E-state index is 12.9. The Hall–Kier alpha value is -3.22. The van der Waals surface area contributed by atoms with Crippen molar-refractivity contribution in [1.82, 2.24) is 14.8 Å². The Kier molecular flexibility index (Phi) is 4.51. The van der Waals surface area contributed by atoms with Gasteiger partial charge in [-0.05, 0) is 48.9 Å². The molecule has 24 heavy (non-hydrogen) atoms. The second-order valence-corrected chi connectivity index (χ2v) is 5.18. The Bertz CT molecular complexity index is 832. The SMILES string of the molecule is Cc1ccc(OCC(=O)Nc2ccc(F)cc2)c(-n2cnnc2)c1. The molecule has 0 unspecified atom stereocenters. The monoisotopic (exact) mass is 326 g/mol. The molecule has 7 heteroatoms. The average molecular weight is 326 g/mol. The van der Waals surface area contributed by atoms with E-state index >= 15 is 0 Å². The maximum atomic E-state index is 12.9. The number of hydrogen-bond donors (Lipinski definition) is 1. The minimum Gasteiger partial charge on any atom is -0.482 e. The number of aryl methyl sites for hydroxylation is 1. The lowest BCUT2D eigenvalue weighted by Gasteiger charge is -2.12. The van der Waals surface area contributed by atoms with E-state index in [4.69, 9.17) is 4.74 Å². The summed E-state index contributed by atoms with van der Waals surface area (Å²) >= 11 is 0. The molecule has 3 rings (SSSR count). The highest BCUT2D eigenvalue weighted by atomic mass is 19.1. The maximum Gasteiger partial charge on any atom is 0.262 e. The Labute approximate surface area is 137 Å². The van der Waals surface area contributed by atoms with Crippen molar-refractivity contribution in [2.24, 2.45) is 0 Å². The van der Waals surface area contributed by atoms with Gasteiger partial charge in [0.2, 0.25) is 0 Å². The van der Waals surface area contributed by atoms with Crippen LogP contribution in [0.15, 0.2) is 55.1 Å². The quantitative estimate of drug-likeness (QED) is 0.783. The molecule has 0 radical (unpaired) electrons. The van der Waals surface area contributed by atoms with Crippen LogP contribution in [0.5, 0.6) is 5.75 Å². The summed E-state index contributed by atoms with van der Waals surface area (Å²) in [5.74, 6) is -0.158. The molecule has 3 aromatic rings. The lowest BCUT2D eigenvalue weighted by Crippen LogP contribution is -2.20. The standard InChI is InChI=1S/C17H15FN4O2/c1-12-2-7-16(15(8-12)22-10-19-20-11-22)24-9-17(23)21-14-5-3-13(18)4-6-14/h2-8,10-11H,9H2,1H3,(H,21,23). The third kappa shape index (κ3) is 3.75. The van der Waals surface area contributed by atoms with E-state index in [1.54, 1.807) is 23.3 Å². The number of hydrogen-bond acceptors (Lipinski definition) is 4. The van der Waals surface area contributed by atoms with Crippen LogP contribution in [0.2, 0.25) is 0 Å². The number of carbonyl (C=O) groups is 1. The second kappa shape index (κ2) is 6.91. The smallest absolute Gasteiger partial charge is 0.262 e. The summed E-state index contributed by atoms with van der Waals surface area (Å²) in [5, 5.41) is 10.2. The Morgan fingerprint density at radius 2 is 1.88 bits per heavy atom. The molecule has 1 aromatic heterocycles. The van der Waals surface area contributed by atoms with Crippen LogP contribution in [0, 0.1) is 12.7 Å². The number of benzene rings is 2. The summed E-state index contributed by atoms with van der Waals surface area (Å²) in [4.78, 5) is 12.0. The summed E-state index contributed by atoms with van der Waals surface area (Å²) in [6, 6.07) is 11.1. The van der Waals surface area contributed by atoms with E-state index in [1.165, 1.54) is 24.3 Å². The Morgan fingerprint density at radius 3 is 2.58 bits per heavy atom. The van der Waals surface area contributed by atoms with Crippen LogP contribution in [0.1, 0.15) is 5.56 Å². The first-order chi connectivity index (χ1) is 11.6. The molecule has 1 N–H and O–H groups in total. The second-order valence-electron chi connectivity index (χ2n) is 5.18. The van der Waals surface area contributed by atoms with Crippen molar-refractivity contribution in [2.45, 2.75) is 6.92 Å².